The number of sulfonamides is 1. The molecule has 2 aromatic rings. The van der Waals surface area contributed by atoms with Gasteiger partial charge in [0.25, 0.3) is 0 Å². The summed E-state index contributed by atoms with van der Waals surface area (Å²) in [6, 6.07) is 5.15. The normalized spacial score (nSPS) is 18.4. The molecule has 3 rings (SSSR count). The molecule has 0 unspecified atom stereocenters. The van der Waals surface area contributed by atoms with Gasteiger partial charge < -0.3 is 14.8 Å². The lowest BCUT2D eigenvalue weighted by molar-refractivity contribution is -0.133. The number of nitrogens with one attached hydrogen (secondary N) is 1. The van der Waals surface area contributed by atoms with E-state index < -0.39 is 10.0 Å². The first-order valence-electron chi connectivity index (χ1n) is 9.10. The third-order valence-electron chi connectivity index (χ3n) is 5.11. The van der Waals surface area contributed by atoms with E-state index in [-0.39, 0.29) is 16.8 Å². The van der Waals surface area contributed by atoms with Crippen LogP contribution in [0.3, 0.4) is 0 Å². The summed E-state index contributed by atoms with van der Waals surface area (Å²) in [6.07, 6.45) is 0.917. The van der Waals surface area contributed by atoms with Gasteiger partial charge in [0.05, 0.1) is 15.9 Å². The van der Waals surface area contributed by atoms with E-state index in [1.54, 1.807) is 18.2 Å². The molecule has 0 radical (unpaired) electrons. The maximum atomic E-state index is 12.5. The third kappa shape index (κ3) is 3.85. The molecule has 1 amide bonds. The molecule has 0 bridgehead atoms. The van der Waals surface area contributed by atoms with Crippen molar-refractivity contribution < 1.29 is 13.2 Å². The van der Waals surface area contributed by atoms with Crippen molar-refractivity contribution in [2.75, 3.05) is 33.7 Å². The molecule has 1 aromatic heterocycles. The number of carbonyl (C=O) groups is 1. The molecule has 1 aliphatic heterocycles. The van der Waals surface area contributed by atoms with E-state index in [9.17, 15) is 13.2 Å². The van der Waals surface area contributed by atoms with E-state index in [1.807, 2.05) is 23.4 Å². The van der Waals surface area contributed by atoms with Crippen LogP contribution in [0.15, 0.2) is 23.1 Å². The summed E-state index contributed by atoms with van der Waals surface area (Å²) >= 11 is 0. The maximum Gasteiger partial charge on any atom is 0.242 e. The van der Waals surface area contributed by atoms with Crippen LogP contribution in [0, 0.1) is 0 Å². The van der Waals surface area contributed by atoms with Gasteiger partial charge in [-0.05, 0) is 25.1 Å². The van der Waals surface area contributed by atoms with Crippen LogP contribution in [0.25, 0.3) is 11.0 Å². The van der Waals surface area contributed by atoms with Crippen molar-refractivity contribution in [2.24, 2.45) is 7.05 Å². The monoisotopic (exact) mass is 393 g/mol. The number of benzene rings is 1. The van der Waals surface area contributed by atoms with Crippen LogP contribution < -0.4 is 5.32 Å². The molecule has 0 spiro atoms. The highest BCUT2D eigenvalue weighted by Gasteiger charge is 2.23. The molecule has 9 heteroatoms. The van der Waals surface area contributed by atoms with Gasteiger partial charge in [-0.25, -0.2) is 17.7 Å². The second-order valence-electron chi connectivity index (χ2n) is 7.17. The van der Waals surface area contributed by atoms with Crippen molar-refractivity contribution in [3.63, 3.8) is 0 Å². The second-order valence-corrected chi connectivity index (χ2v) is 9.32. The molecule has 1 aliphatic rings. The highest BCUT2D eigenvalue weighted by molar-refractivity contribution is 7.89. The number of hydrogen-bond acceptors (Lipinski definition) is 5. The van der Waals surface area contributed by atoms with Gasteiger partial charge in [0.1, 0.15) is 5.82 Å². The van der Waals surface area contributed by atoms with E-state index in [1.165, 1.54) is 18.4 Å². The summed E-state index contributed by atoms with van der Waals surface area (Å²) in [5.74, 6) is 0.910. The van der Waals surface area contributed by atoms with Gasteiger partial charge in [-0.3, -0.25) is 4.79 Å². The van der Waals surface area contributed by atoms with Crippen LogP contribution in [-0.4, -0.2) is 72.9 Å². The first-order chi connectivity index (χ1) is 12.7. The standard InChI is InChI=1S/C18H27N5O3S/c1-13-12-19-9-10-23(13)18(24)8-7-17-20-15-11-14(27(25,26)21(2)3)5-6-16(15)22(17)4/h5-6,11,13,19H,7-10,12H2,1-4H3/t13-/m1/s1. The lowest BCUT2D eigenvalue weighted by atomic mass is 10.2. The zero-order valence-electron chi connectivity index (χ0n) is 16.3. The van der Waals surface area contributed by atoms with Crippen LogP contribution >= 0.6 is 0 Å². The fourth-order valence-corrected chi connectivity index (χ4v) is 4.32. The van der Waals surface area contributed by atoms with Crippen molar-refractivity contribution >= 4 is 27.0 Å². The minimum absolute atomic E-state index is 0.131. The van der Waals surface area contributed by atoms with Crippen molar-refractivity contribution in [3.8, 4) is 0 Å². The van der Waals surface area contributed by atoms with Gasteiger partial charge in [0, 0.05) is 59.7 Å². The summed E-state index contributed by atoms with van der Waals surface area (Å²) in [5.41, 5.74) is 1.48. The molecule has 1 aromatic carbocycles. The molecule has 1 fully saturated rings. The average Bonchev–Trinajstić information content (AvgIpc) is 2.95. The highest BCUT2D eigenvalue weighted by atomic mass is 32.2. The number of piperazine rings is 1. The van der Waals surface area contributed by atoms with Crippen molar-refractivity contribution in [1.29, 1.82) is 0 Å². The minimum Gasteiger partial charge on any atom is -0.337 e. The molecule has 0 saturated carbocycles. The molecule has 8 nitrogen and oxygen atoms in total. The average molecular weight is 394 g/mol. The number of imidazole rings is 1. The number of carbonyl (C=O) groups excluding carboxylic acids is 1. The largest absolute Gasteiger partial charge is 0.337 e. The Hall–Kier alpha value is -1.97. The molecule has 2 heterocycles. The van der Waals surface area contributed by atoms with Crippen LogP contribution in [0.2, 0.25) is 0 Å². The second kappa shape index (κ2) is 7.57. The molecule has 0 aliphatic carbocycles. The molecular weight excluding hydrogens is 366 g/mol. The predicted molar refractivity (Wildman–Crippen MR) is 104 cm³/mol. The Morgan fingerprint density at radius 1 is 1.37 bits per heavy atom. The lowest BCUT2D eigenvalue weighted by Crippen LogP contribution is -2.52. The SMILES string of the molecule is C[C@@H]1CNCCN1C(=O)CCc1nc2cc(S(=O)(=O)N(C)C)ccc2n1C. The first kappa shape index (κ1) is 19.8. The Balaban J connectivity index is 1.79. The highest BCUT2D eigenvalue weighted by Crippen LogP contribution is 2.22. The number of nitrogens with zero attached hydrogens (tertiary/aromatic N) is 4. The zero-order chi connectivity index (χ0) is 19.8. The van der Waals surface area contributed by atoms with E-state index >= 15 is 0 Å². The third-order valence-corrected chi connectivity index (χ3v) is 6.92. The molecule has 1 saturated heterocycles. The van der Waals surface area contributed by atoms with Gasteiger partial charge in [-0.1, -0.05) is 0 Å². The topological polar surface area (TPSA) is 87.5 Å². The van der Waals surface area contributed by atoms with Gasteiger partial charge in [-0.15, -0.1) is 0 Å². The molecular formula is C18H27N5O3S. The molecule has 1 N–H and O–H groups in total. The van der Waals surface area contributed by atoms with E-state index in [2.05, 4.69) is 10.3 Å². The van der Waals surface area contributed by atoms with Crippen molar-refractivity contribution in [2.45, 2.75) is 30.7 Å². The van der Waals surface area contributed by atoms with Gasteiger partial charge >= 0.3 is 0 Å². The molecule has 148 valence electrons. The number of amides is 1. The number of hydrogen-bond donors (Lipinski definition) is 1. The van der Waals surface area contributed by atoms with Crippen LogP contribution in [-0.2, 0) is 28.3 Å². The maximum absolute atomic E-state index is 12.5. The number of aromatic nitrogens is 2. The summed E-state index contributed by atoms with van der Waals surface area (Å²) < 4.78 is 27.8. The van der Waals surface area contributed by atoms with Crippen LogP contribution in [0.5, 0.6) is 0 Å². The van der Waals surface area contributed by atoms with Crippen molar-refractivity contribution in [3.05, 3.63) is 24.0 Å². The van der Waals surface area contributed by atoms with Crippen LogP contribution in [0.1, 0.15) is 19.2 Å². The fraction of sp³-hybridized carbons (Fsp3) is 0.556. The molecule has 1 atom stereocenters. The van der Waals surface area contributed by atoms with Gasteiger partial charge in [0.15, 0.2) is 0 Å². The Kier molecular flexibility index (Phi) is 5.55. The number of fused-ring (bicyclic) bond motifs is 1. The van der Waals surface area contributed by atoms with Gasteiger partial charge in [0.2, 0.25) is 15.9 Å². The summed E-state index contributed by atoms with van der Waals surface area (Å²) in [7, 11) is 1.40. The first-order valence-corrected chi connectivity index (χ1v) is 10.5. The summed E-state index contributed by atoms with van der Waals surface area (Å²) in [6.45, 7) is 4.42. The Labute approximate surface area is 160 Å². The van der Waals surface area contributed by atoms with E-state index in [0.29, 0.717) is 18.4 Å². The summed E-state index contributed by atoms with van der Waals surface area (Å²) in [4.78, 5) is 19.3. The predicted octanol–water partition coefficient (Wildman–Crippen LogP) is 0.577. The Bertz CT molecular complexity index is 951. The fourth-order valence-electron chi connectivity index (χ4n) is 3.40. The number of rotatable bonds is 5. The Morgan fingerprint density at radius 3 is 2.78 bits per heavy atom. The van der Waals surface area contributed by atoms with Gasteiger partial charge in [-0.2, -0.15) is 0 Å². The zero-order valence-corrected chi connectivity index (χ0v) is 17.1. The van der Waals surface area contributed by atoms with E-state index in [4.69, 9.17) is 0 Å². The number of aryl methyl sites for hydroxylation is 2. The summed E-state index contributed by atoms with van der Waals surface area (Å²) in [5, 5.41) is 3.28. The lowest BCUT2D eigenvalue weighted by Gasteiger charge is -2.34. The van der Waals surface area contributed by atoms with Crippen LogP contribution in [0.4, 0.5) is 0 Å². The smallest absolute Gasteiger partial charge is 0.242 e. The van der Waals surface area contributed by atoms with Crippen molar-refractivity contribution in [1.82, 2.24) is 24.1 Å². The quantitative estimate of drug-likeness (QED) is 0.803. The minimum atomic E-state index is -3.50. The van der Waals surface area contributed by atoms with E-state index in [0.717, 1.165) is 31.0 Å². The molecule has 27 heavy (non-hydrogen) atoms. The Morgan fingerprint density at radius 2 is 2.11 bits per heavy atom.